The predicted molar refractivity (Wildman–Crippen MR) is 123 cm³/mol. The SMILES string of the molecule is N=C1c2cc(Br)ccc2CCCN1C(N)C1CCN(CCc2ccccc2)CC1. The third kappa shape index (κ3) is 4.90. The zero-order valence-corrected chi connectivity index (χ0v) is 18.6. The van der Waals surface area contributed by atoms with Gasteiger partial charge < -0.3 is 15.5 Å². The van der Waals surface area contributed by atoms with E-state index < -0.39 is 0 Å². The summed E-state index contributed by atoms with van der Waals surface area (Å²) in [6, 6.07) is 17.0. The Morgan fingerprint density at radius 3 is 2.59 bits per heavy atom. The highest BCUT2D eigenvalue weighted by molar-refractivity contribution is 9.10. The molecule has 0 amide bonds. The summed E-state index contributed by atoms with van der Waals surface area (Å²) in [6.45, 7) is 4.20. The van der Waals surface area contributed by atoms with E-state index in [1.54, 1.807) is 0 Å². The van der Waals surface area contributed by atoms with Crippen LogP contribution in [0.25, 0.3) is 0 Å². The maximum Gasteiger partial charge on any atom is 0.129 e. The molecule has 154 valence electrons. The number of amidine groups is 1. The number of fused-ring (bicyclic) bond motifs is 1. The Morgan fingerprint density at radius 1 is 1.07 bits per heavy atom. The number of nitrogens with two attached hydrogens (primary N) is 1. The molecule has 1 unspecified atom stereocenters. The molecule has 0 aliphatic carbocycles. The van der Waals surface area contributed by atoms with Crippen LogP contribution in [0.3, 0.4) is 0 Å². The van der Waals surface area contributed by atoms with Crippen molar-refractivity contribution in [1.82, 2.24) is 9.80 Å². The lowest BCUT2D eigenvalue weighted by molar-refractivity contribution is 0.127. The lowest BCUT2D eigenvalue weighted by atomic mass is 9.92. The van der Waals surface area contributed by atoms with E-state index in [0.29, 0.717) is 11.8 Å². The topological polar surface area (TPSA) is 56.4 Å². The van der Waals surface area contributed by atoms with Crippen LogP contribution in [0, 0.1) is 11.3 Å². The number of piperidine rings is 1. The van der Waals surface area contributed by atoms with E-state index in [1.165, 1.54) is 11.1 Å². The van der Waals surface area contributed by atoms with E-state index in [9.17, 15) is 0 Å². The summed E-state index contributed by atoms with van der Waals surface area (Å²) < 4.78 is 1.03. The fourth-order valence-corrected chi connectivity index (χ4v) is 5.06. The molecule has 2 aromatic rings. The van der Waals surface area contributed by atoms with E-state index in [0.717, 1.165) is 68.3 Å². The van der Waals surface area contributed by atoms with Crippen molar-refractivity contribution in [2.45, 2.75) is 38.3 Å². The standard InChI is InChI=1S/C24H31BrN4/c25-21-9-8-19-7-4-13-29(24(27)22(19)17-21)23(26)20-11-15-28(16-12-20)14-10-18-5-2-1-3-6-18/h1-3,5-6,8-9,17,20,23,27H,4,7,10-16,26H2. The lowest BCUT2D eigenvalue weighted by Gasteiger charge is -2.40. The molecule has 3 N–H and O–H groups in total. The fourth-order valence-electron chi connectivity index (χ4n) is 4.70. The van der Waals surface area contributed by atoms with Gasteiger partial charge in [-0.2, -0.15) is 0 Å². The molecule has 0 spiro atoms. The van der Waals surface area contributed by atoms with Crippen molar-refractivity contribution >= 4 is 21.8 Å². The normalized spacial score (nSPS) is 19.7. The van der Waals surface area contributed by atoms with Gasteiger partial charge in [-0.25, -0.2) is 0 Å². The van der Waals surface area contributed by atoms with Crippen molar-refractivity contribution in [3.05, 3.63) is 69.7 Å². The number of nitrogens with zero attached hydrogens (tertiary/aromatic N) is 2. The minimum Gasteiger partial charge on any atom is -0.341 e. The molecule has 2 aromatic carbocycles. The molecular formula is C24H31BrN4. The van der Waals surface area contributed by atoms with Gasteiger partial charge >= 0.3 is 0 Å². The van der Waals surface area contributed by atoms with Crippen molar-refractivity contribution in [2.75, 3.05) is 26.2 Å². The molecule has 0 radical (unpaired) electrons. The lowest BCUT2D eigenvalue weighted by Crippen LogP contribution is -2.53. The Balaban J connectivity index is 1.34. The van der Waals surface area contributed by atoms with Crippen LogP contribution in [0.5, 0.6) is 0 Å². The molecule has 1 saturated heterocycles. The number of likely N-dealkylation sites (tertiary alicyclic amines) is 1. The molecule has 0 aromatic heterocycles. The second kappa shape index (κ2) is 9.41. The fraction of sp³-hybridized carbons (Fsp3) is 0.458. The number of halogens is 1. The van der Waals surface area contributed by atoms with Crippen LogP contribution < -0.4 is 5.73 Å². The maximum absolute atomic E-state index is 8.83. The van der Waals surface area contributed by atoms with E-state index in [4.69, 9.17) is 11.1 Å². The van der Waals surface area contributed by atoms with Crippen molar-refractivity contribution in [2.24, 2.45) is 11.7 Å². The van der Waals surface area contributed by atoms with Crippen LogP contribution in [0.2, 0.25) is 0 Å². The minimum absolute atomic E-state index is 0.0660. The van der Waals surface area contributed by atoms with E-state index in [-0.39, 0.29) is 6.17 Å². The number of aryl methyl sites for hydroxylation is 1. The predicted octanol–water partition coefficient (Wildman–Crippen LogP) is 4.26. The molecule has 0 bridgehead atoms. The van der Waals surface area contributed by atoms with Crippen molar-refractivity contribution in [3.8, 4) is 0 Å². The van der Waals surface area contributed by atoms with Gasteiger partial charge in [0.15, 0.2) is 0 Å². The first-order chi connectivity index (χ1) is 14.1. The Morgan fingerprint density at radius 2 is 1.83 bits per heavy atom. The highest BCUT2D eigenvalue weighted by Gasteiger charge is 2.31. The summed E-state index contributed by atoms with van der Waals surface area (Å²) in [6.07, 6.45) is 5.35. The van der Waals surface area contributed by atoms with Crippen molar-refractivity contribution < 1.29 is 0 Å². The quantitative estimate of drug-likeness (QED) is 0.709. The van der Waals surface area contributed by atoms with Gasteiger partial charge in [0.05, 0.1) is 6.17 Å². The van der Waals surface area contributed by atoms with Crippen LogP contribution in [0.1, 0.15) is 36.0 Å². The third-order valence-corrected chi connectivity index (χ3v) is 6.99. The molecule has 1 fully saturated rings. The average molecular weight is 455 g/mol. The summed E-state index contributed by atoms with van der Waals surface area (Å²) in [5.74, 6) is 1.05. The maximum atomic E-state index is 8.83. The zero-order chi connectivity index (χ0) is 20.2. The number of nitrogens with one attached hydrogen (secondary N) is 1. The van der Waals surface area contributed by atoms with Gasteiger partial charge in [-0.15, -0.1) is 0 Å². The summed E-state index contributed by atoms with van der Waals surface area (Å²) in [4.78, 5) is 4.72. The summed E-state index contributed by atoms with van der Waals surface area (Å²) in [5.41, 5.74) is 10.5. The Labute approximate surface area is 182 Å². The van der Waals surface area contributed by atoms with Crippen LogP contribution in [0.15, 0.2) is 53.0 Å². The van der Waals surface area contributed by atoms with Gasteiger partial charge in [0.2, 0.25) is 0 Å². The van der Waals surface area contributed by atoms with Gasteiger partial charge in [-0.3, -0.25) is 5.41 Å². The van der Waals surface area contributed by atoms with Gasteiger partial charge in [0.1, 0.15) is 5.84 Å². The van der Waals surface area contributed by atoms with Crippen LogP contribution >= 0.6 is 15.9 Å². The van der Waals surface area contributed by atoms with Crippen LogP contribution in [0.4, 0.5) is 0 Å². The molecule has 5 heteroatoms. The molecule has 0 saturated carbocycles. The van der Waals surface area contributed by atoms with E-state index in [1.807, 2.05) is 0 Å². The average Bonchev–Trinajstić information content (AvgIpc) is 2.92. The second-order valence-electron chi connectivity index (χ2n) is 8.35. The molecule has 29 heavy (non-hydrogen) atoms. The number of rotatable bonds is 5. The van der Waals surface area contributed by atoms with Gasteiger partial charge in [0, 0.05) is 23.1 Å². The molecule has 2 aliphatic heterocycles. The van der Waals surface area contributed by atoms with Crippen molar-refractivity contribution in [1.29, 1.82) is 5.41 Å². The van der Waals surface area contributed by atoms with Gasteiger partial charge in [0.25, 0.3) is 0 Å². The van der Waals surface area contributed by atoms with Crippen molar-refractivity contribution in [3.63, 3.8) is 0 Å². The summed E-state index contributed by atoms with van der Waals surface area (Å²) in [7, 11) is 0. The largest absolute Gasteiger partial charge is 0.341 e. The zero-order valence-electron chi connectivity index (χ0n) is 17.0. The smallest absolute Gasteiger partial charge is 0.129 e. The third-order valence-electron chi connectivity index (χ3n) is 6.49. The first-order valence-corrected chi connectivity index (χ1v) is 11.6. The van der Waals surface area contributed by atoms with Gasteiger partial charge in [-0.05, 0) is 74.4 Å². The molecule has 2 aliphatic rings. The summed E-state index contributed by atoms with van der Waals surface area (Å²) >= 11 is 3.56. The van der Waals surface area contributed by atoms with Crippen LogP contribution in [-0.2, 0) is 12.8 Å². The molecule has 4 rings (SSSR count). The first-order valence-electron chi connectivity index (χ1n) is 10.8. The minimum atomic E-state index is -0.0660. The molecule has 1 atom stereocenters. The number of hydrogen-bond acceptors (Lipinski definition) is 3. The monoisotopic (exact) mass is 454 g/mol. The number of hydrogen-bond donors (Lipinski definition) is 2. The highest BCUT2D eigenvalue weighted by Crippen LogP contribution is 2.27. The molecule has 4 nitrogen and oxygen atoms in total. The van der Waals surface area contributed by atoms with Crippen LogP contribution in [-0.4, -0.2) is 48.0 Å². The first kappa shape index (κ1) is 20.6. The Bertz CT molecular complexity index is 830. The highest BCUT2D eigenvalue weighted by atomic mass is 79.9. The van der Waals surface area contributed by atoms with E-state index in [2.05, 4.69) is 74.3 Å². The summed E-state index contributed by atoms with van der Waals surface area (Å²) in [5, 5.41) is 8.83. The Hall–Kier alpha value is -1.69. The van der Waals surface area contributed by atoms with E-state index >= 15 is 0 Å². The number of benzene rings is 2. The Kier molecular flexibility index (Phi) is 6.68. The van der Waals surface area contributed by atoms with Gasteiger partial charge in [-0.1, -0.05) is 52.3 Å². The molecular weight excluding hydrogens is 424 g/mol. The molecule has 2 heterocycles. The second-order valence-corrected chi connectivity index (χ2v) is 9.27.